The highest BCUT2D eigenvalue weighted by Crippen LogP contribution is 2.32. The Morgan fingerprint density at radius 3 is 2.54 bits per heavy atom. The summed E-state index contributed by atoms with van der Waals surface area (Å²) < 4.78 is 40.2. The predicted octanol–water partition coefficient (Wildman–Crippen LogP) is 4.54. The molecule has 1 aromatic carbocycles. The number of halogens is 3. The maximum atomic E-state index is 13.1. The Balaban J connectivity index is 1.58. The molecule has 3 aromatic rings. The summed E-state index contributed by atoms with van der Waals surface area (Å²) >= 11 is 0.977. The number of rotatable bonds is 4. The van der Waals surface area contributed by atoms with E-state index in [-0.39, 0.29) is 28.4 Å². The van der Waals surface area contributed by atoms with Gasteiger partial charge < -0.3 is 10.2 Å². The van der Waals surface area contributed by atoms with Crippen LogP contribution in [0.15, 0.2) is 35.4 Å². The number of nitrogens with one attached hydrogen (secondary N) is 1. The molecule has 1 saturated heterocycles. The van der Waals surface area contributed by atoms with E-state index in [4.69, 9.17) is 0 Å². The van der Waals surface area contributed by atoms with Crippen molar-refractivity contribution in [3.63, 3.8) is 0 Å². The van der Waals surface area contributed by atoms with Crippen LogP contribution in [0, 0.1) is 18.8 Å². The van der Waals surface area contributed by atoms with Crippen LogP contribution in [0.3, 0.4) is 0 Å². The van der Waals surface area contributed by atoms with Crippen molar-refractivity contribution in [1.82, 2.24) is 14.5 Å². The van der Waals surface area contributed by atoms with Gasteiger partial charge in [0, 0.05) is 18.8 Å². The molecule has 35 heavy (non-hydrogen) atoms. The van der Waals surface area contributed by atoms with Crippen LogP contribution >= 0.6 is 11.3 Å². The highest BCUT2D eigenvalue weighted by atomic mass is 32.1. The Bertz CT molecular complexity index is 1340. The first-order valence-corrected chi connectivity index (χ1v) is 12.0. The van der Waals surface area contributed by atoms with Gasteiger partial charge in [-0.3, -0.25) is 19.0 Å². The molecule has 2 aromatic heterocycles. The van der Waals surface area contributed by atoms with Crippen LogP contribution in [0.2, 0.25) is 0 Å². The third kappa shape index (κ3) is 5.24. The van der Waals surface area contributed by atoms with Crippen molar-refractivity contribution in [2.75, 3.05) is 18.4 Å². The number of hydrogen-bond donors (Lipinski definition) is 1. The fourth-order valence-corrected chi connectivity index (χ4v) is 5.60. The van der Waals surface area contributed by atoms with Crippen LogP contribution in [-0.2, 0) is 17.5 Å². The number of alkyl halides is 3. The van der Waals surface area contributed by atoms with Gasteiger partial charge in [-0.25, -0.2) is 4.98 Å². The summed E-state index contributed by atoms with van der Waals surface area (Å²) in [5.41, 5.74) is -0.958. The molecule has 0 radical (unpaired) electrons. The molecule has 11 heteroatoms. The minimum atomic E-state index is -4.54. The van der Waals surface area contributed by atoms with Gasteiger partial charge in [-0.15, -0.1) is 11.3 Å². The van der Waals surface area contributed by atoms with E-state index in [1.807, 2.05) is 0 Å². The number of hydrogen-bond acceptors (Lipinski definition) is 5. The zero-order valence-corrected chi connectivity index (χ0v) is 20.3. The van der Waals surface area contributed by atoms with Crippen molar-refractivity contribution in [2.45, 2.75) is 39.9 Å². The van der Waals surface area contributed by atoms with E-state index in [9.17, 15) is 27.6 Å². The lowest BCUT2D eigenvalue weighted by molar-refractivity contribution is -0.137. The molecule has 0 saturated carbocycles. The van der Waals surface area contributed by atoms with Gasteiger partial charge in [-0.1, -0.05) is 19.9 Å². The molecule has 7 nitrogen and oxygen atoms in total. The Morgan fingerprint density at radius 1 is 1.20 bits per heavy atom. The lowest BCUT2D eigenvalue weighted by Gasteiger charge is -2.35. The van der Waals surface area contributed by atoms with Gasteiger partial charge in [-0.2, -0.15) is 13.2 Å². The van der Waals surface area contributed by atoms with Crippen molar-refractivity contribution >= 4 is 39.1 Å². The van der Waals surface area contributed by atoms with Gasteiger partial charge in [0.2, 0.25) is 5.91 Å². The smallest absolute Gasteiger partial charge is 0.341 e. The average molecular weight is 507 g/mol. The van der Waals surface area contributed by atoms with E-state index in [1.165, 1.54) is 23.0 Å². The summed E-state index contributed by atoms with van der Waals surface area (Å²) in [5.74, 6) is -0.0285. The third-order valence-corrected chi connectivity index (χ3v) is 7.30. The predicted molar refractivity (Wildman–Crippen MR) is 128 cm³/mol. The van der Waals surface area contributed by atoms with E-state index in [2.05, 4.69) is 24.1 Å². The molecule has 2 atom stereocenters. The van der Waals surface area contributed by atoms with Crippen LogP contribution in [0.1, 0.15) is 41.1 Å². The monoisotopic (exact) mass is 506 g/mol. The molecule has 1 fully saturated rings. The summed E-state index contributed by atoms with van der Waals surface area (Å²) in [5, 5.41) is 2.69. The molecule has 1 N–H and O–H groups in total. The van der Waals surface area contributed by atoms with Crippen LogP contribution < -0.4 is 10.9 Å². The maximum Gasteiger partial charge on any atom is 0.416 e. The summed E-state index contributed by atoms with van der Waals surface area (Å²) in [6.45, 7) is 6.91. The molecule has 0 bridgehead atoms. The molecule has 0 unspecified atom stereocenters. The molecule has 2 amide bonds. The van der Waals surface area contributed by atoms with Crippen LogP contribution in [0.25, 0.3) is 10.2 Å². The number of carbonyl (C=O) groups is 2. The fraction of sp³-hybridized carbons (Fsp3) is 0.417. The molecule has 1 aliphatic heterocycles. The number of likely N-dealkylation sites (tertiary alicyclic amines) is 1. The molecule has 1 aliphatic rings. The van der Waals surface area contributed by atoms with Crippen molar-refractivity contribution in [3.8, 4) is 0 Å². The molecule has 4 rings (SSSR count). The first kappa shape index (κ1) is 24.9. The number of benzene rings is 1. The number of amides is 2. The summed E-state index contributed by atoms with van der Waals surface area (Å²) in [7, 11) is 0. The van der Waals surface area contributed by atoms with Crippen molar-refractivity contribution in [3.05, 3.63) is 57.0 Å². The maximum absolute atomic E-state index is 13.1. The van der Waals surface area contributed by atoms with E-state index < -0.39 is 23.2 Å². The van der Waals surface area contributed by atoms with Gasteiger partial charge in [0.1, 0.15) is 11.4 Å². The fourth-order valence-electron chi connectivity index (χ4n) is 4.56. The largest absolute Gasteiger partial charge is 0.416 e. The van der Waals surface area contributed by atoms with Crippen molar-refractivity contribution in [1.29, 1.82) is 0 Å². The molecule has 0 spiro atoms. The number of piperidine rings is 1. The van der Waals surface area contributed by atoms with Crippen LogP contribution in [0.5, 0.6) is 0 Å². The zero-order chi connectivity index (χ0) is 25.5. The van der Waals surface area contributed by atoms with E-state index in [1.54, 1.807) is 11.8 Å². The van der Waals surface area contributed by atoms with Gasteiger partial charge >= 0.3 is 6.18 Å². The minimum Gasteiger partial charge on any atom is -0.341 e. The lowest BCUT2D eigenvalue weighted by Crippen LogP contribution is -2.44. The Morgan fingerprint density at radius 2 is 1.89 bits per heavy atom. The highest BCUT2D eigenvalue weighted by Gasteiger charge is 2.31. The molecular weight excluding hydrogens is 481 g/mol. The highest BCUT2D eigenvalue weighted by molar-refractivity contribution is 7.20. The zero-order valence-electron chi connectivity index (χ0n) is 19.5. The molecule has 0 aliphatic carbocycles. The first-order valence-electron chi connectivity index (χ1n) is 11.2. The average Bonchev–Trinajstić information content (AvgIpc) is 3.12. The minimum absolute atomic E-state index is 0.0114. The number of anilines is 1. The number of fused-ring (bicyclic) bond motifs is 1. The van der Waals surface area contributed by atoms with Gasteiger partial charge in [-0.05, 0) is 48.9 Å². The van der Waals surface area contributed by atoms with E-state index >= 15 is 0 Å². The third-order valence-electron chi connectivity index (χ3n) is 6.10. The summed E-state index contributed by atoms with van der Waals surface area (Å²) in [6, 6.07) is 4.32. The number of thiophene rings is 1. The normalized spacial score (nSPS) is 18.6. The second-order valence-corrected chi connectivity index (χ2v) is 10.2. The van der Waals surface area contributed by atoms with Gasteiger partial charge in [0.05, 0.1) is 22.2 Å². The van der Waals surface area contributed by atoms with Crippen molar-refractivity contribution in [2.24, 2.45) is 11.8 Å². The van der Waals surface area contributed by atoms with Crippen molar-refractivity contribution < 1.29 is 22.8 Å². The standard InChI is InChI=1S/C24H25F3N4O3S/c1-13-7-14(2)10-30(9-13)18(32)11-31-12-28-22-19(23(31)34)15(3)20(35-22)21(33)29-17-6-4-5-16(8-17)24(25,26)27/h4-6,8,12-14H,7,9-11H2,1-3H3,(H,29,33)/t13-,14-/m1/s1. The van der Waals surface area contributed by atoms with E-state index in [0.29, 0.717) is 35.3 Å². The van der Waals surface area contributed by atoms with E-state index in [0.717, 1.165) is 29.9 Å². The molecule has 186 valence electrons. The lowest BCUT2D eigenvalue weighted by atomic mass is 9.92. The molecular formula is C24H25F3N4O3S. The summed E-state index contributed by atoms with van der Waals surface area (Å²) in [4.78, 5) is 45.4. The SMILES string of the molecule is Cc1c(C(=O)Nc2cccc(C(F)(F)F)c2)sc2ncn(CC(=O)N3C[C@H](C)C[C@@H](C)C3)c(=O)c12. The van der Waals surface area contributed by atoms with Crippen LogP contribution in [0.4, 0.5) is 18.9 Å². The number of aromatic nitrogens is 2. The number of carbonyl (C=O) groups excluding carboxylic acids is 2. The second-order valence-electron chi connectivity index (χ2n) is 9.19. The summed E-state index contributed by atoms with van der Waals surface area (Å²) in [6.07, 6.45) is -2.19. The Hall–Kier alpha value is -3.21. The molecule has 3 heterocycles. The van der Waals surface area contributed by atoms with Crippen LogP contribution in [-0.4, -0.2) is 39.4 Å². The number of nitrogens with zero attached hydrogens (tertiary/aromatic N) is 3. The Kier molecular flexibility index (Phi) is 6.72. The van der Waals surface area contributed by atoms with Gasteiger partial charge in [0.25, 0.3) is 11.5 Å². The topological polar surface area (TPSA) is 84.3 Å². The Labute approximate surface area is 203 Å². The number of aryl methyl sites for hydroxylation is 1. The second kappa shape index (κ2) is 9.44. The van der Waals surface area contributed by atoms with Gasteiger partial charge in [0.15, 0.2) is 0 Å². The quantitative estimate of drug-likeness (QED) is 0.563. The first-order chi connectivity index (χ1) is 16.4.